The van der Waals surface area contributed by atoms with Crippen molar-refractivity contribution in [2.75, 3.05) is 0 Å². The first-order valence-electron chi connectivity index (χ1n) is 5.89. The van der Waals surface area contributed by atoms with Crippen molar-refractivity contribution in [3.05, 3.63) is 11.6 Å². The van der Waals surface area contributed by atoms with E-state index in [1.807, 2.05) is 0 Å². The van der Waals surface area contributed by atoms with Crippen LogP contribution in [0.3, 0.4) is 0 Å². The van der Waals surface area contributed by atoms with Gasteiger partial charge in [-0.15, -0.1) is 0 Å². The summed E-state index contributed by atoms with van der Waals surface area (Å²) in [7, 11) is 0. The van der Waals surface area contributed by atoms with Gasteiger partial charge in [0.15, 0.2) is 0 Å². The highest BCUT2D eigenvalue weighted by Crippen LogP contribution is 2.37. The lowest BCUT2D eigenvalue weighted by Crippen LogP contribution is -2.29. The van der Waals surface area contributed by atoms with Crippen LogP contribution in [0.4, 0.5) is 0 Å². The second-order valence-electron chi connectivity index (χ2n) is 5.31. The van der Waals surface area contributed by atoms with Gasteiger partial charge in [-0.05, 0) is 45.4 Å². The van der Waals surface area contributed by atoms with Crippen molar-refractivity contribution in [1.29, 1.82) is 5.26 Å². The SMILES string of the molecule is CC(C)=CCCC(C)C(C)(C#N)C(C)C. The molecule has 0 aliphatic rings. The Kier molecular flexibility index (Phi) is 5.65. The van der Waals surface area contributed by atoms with Gasteiger partial charge in [0, 0.05) is 0 Å². The fourth-order valence-electron chi connectivity index (χ4n) is 1.73. The zero-order chi connectivity index (χ0) is 12.1. The number of allylic oxidation sites excluding steroid dienone is 2. The van der Waals surface area contributed by atoms with E-state index in [0.717, 1.165) is 12.8 Å². The number of rotatable bonds is 5. The largest absolute Gasteiger partial charge is 0.198 e. The molecule has 0 aromatic heterocycles. The molecule has 1 heteroatoms. The Morgan fingerprint density at radius 1 is 1.33 bits per heavy atom. The Morgan fingerprint density at radius 3 is 2.20 bits per heavy atom. The maximum absolute atomic E-state index is 9.27. The summed E-state index contributed by atoms with van der Waals surface area (Å²) in [6.07, 6.45) is 4.45. The molecule has 0 radical (unpaired) electrons. The van der Waals surface area contributed by atoms with Crippen LogP contribution < -0.4 is 0 Å². The Morgan fingerprint density at radius 2 is 1.87 bits per heavy atom. The summed E-state index contributed by atoms with van der Waals surface area (Å²) in [5.74, 6) is 0.877. The molecule has 0 aliphatic carbocycles. The van der Waals surface area contributed by atoms with Gasteiger partial charge in [0.05, 0.1) is 11.5 Å². The van der Waals surface area contributed by atoms with Gasteiger partial charge in [0.2, 0.25) is 0 Å². The summed E-state index contributed by atoms with van der Waals surface area (Å²) in [6, 6.07) is 2.50. The first-order valence-corrected chi connectivity index (χ1v) is 5.89. The van der Waals surface area contributed by atoms with Crippen LogP contribution in [0.25, 0.3) is 0 Å². The lowest BCUT2D eigenvalue weighted by Gasteiger charge is -2.32. The van der Waals surface area contributed by atoms with Crippen molar-refractivity contribution in [2.45, 2.75) is 54.4 Å². The number of hydrogen-bond acceptors (Lipinski definition) is 1. The minimum absolute atomic E-state index is 0.185. The molecule has 0 fully saturated rings. The van der Waals surface area contributed by atoms with E-state index in [1.165, 1.54) is 5.57 Å². The molecule has 0 aromatic carbocycles. The summed E-state index contributed by atoms with van der Waals surface area (Å²) in [5, 5.41) is 9.27. The van der Waals surface area contributed by atoms with Gasteiger partial charge in [-0.3, -0.25) is 0 Å². The smallest absolute Gasteiger partial charge is 0.0692 e. The monoisotopic (exact) mass is 207 g/mol. The van der Waals surface area contributed by atoms with Gasteiger partial charge in [-0.1, -0.05) is 32.4 Å². The Labute approximate surface area is 95.2 Å². The third-order valence-electron chi connectivity index (χ3n) is 3.62. The molecule has 0 spiro atoms. The summed E-state index contributed by atoms with van der Waals surface area (Å²) in [4.78, 5) is 0. The van der Waals surface area contributed by atoms with Crippen LogP contribution in [0, 0.1) is 28.6 Å². The molecular weight excluding hydrogens is 182 g/mol. The summed E-state index contributed by atoms with van der Waals surface area (Å²) in [5.41, 5.74) is 1.18. The molecule has 1 nitrogen and oxygen atoms in total. The third kappa shape index (κ3) is 4.08. The molecule has 0 rings (SSSR count). The third-order valence-corrected chi connectivity index (χ3v) is 3.62. The maximum Gasteiger partial charge on any atom is 0.0692 e. The average molecular weight is 207 g/mol. The molecule has 0 aromatic rings. The molecule has 2 unspecified atom stereocenters. The maximum atomic E-state index is 9.27. The first-order chi connectivity index (χ1) is 6.84. The van der Waals surface area contributed by atoms with E-state index in [-0.39, 0.29) is 5.41 Å². The fourth-order valence-corrected chi connectivity index (χ4v) is 1.73. The van der Waals surface area contributed by atoms with E-state index in [4.69, 9.17) is 0 Å². The number of nitrogens with zero attached hydrogens (tertiary/aromatic N) is 1. The highest BCUT2D eigenvalue weighted by atomic mass is 14.4. The summed E-state index contributed by atoms with van der Waals surface area (Å²) < 4.78 is 0. The normalized spacial score (nSPS) is 16.7. The van der Waals surface area contributed by atoms with Crippen LogP contribution in [-0.4, -0.2) is 0 Å². The predicted octanol–water partition coefficient (Wildman–Crippen LogP) is 4.55. The Hall–Kier alpha value is -0.770. The quantitative estimate of drug-likeness (QED) is 0.606. The van der Waals surface area contributed by atoms with Crippen molar-refractivity contribution < 1.29 is 0 Å². The first kappa shape index (κ1) is 14.2. The van der Waals surface area contributed by atoms with E-state index >= 15 is 0 Å². The highest BCUT2D eigenvalue weighted by Gasteiger charge is 2.33. The molecule has 0 saturated heterocycles. The van der Waals surface area contributed by atoms with Gasteiger partial charge in [-0.2, -0.15) is 5.26 Å². The highest BCUT2D eigenvalue weighted by molar-refractivity contribution is 5.02. The number of nitriles is 1. The zero-order valence-electron chi connectivity index (χ0n) is 11.1. The van der Waals surface area contributed by atoms with Gasteiger partial charge >= 0.3 is 0 Å². The van der Waals surface area contributed by atoms with Crippen molar-refractivity contribution in [1.82, 2.24) is 0 Å². The van der Waals surface area contributed by atoms with Crippen LogP contribution >= 0.6 is 0 Å². The average Bonchev–Trinajstić information content (AvgIpc) is 2.15. The molecule has 0 heterocycles. The van der Waals surface area contributed by atoms with E-state index in [0.29, 0.717) is 11.8 Å². The minimum atomic E-state index is -0.185. The summed E-state index contributed by atoms with van der Waals surface area (Å²) >= 11 is 0. The second-order valence-corrected chi connectivity index (χ2v) is 5.31. The van der Waals surface area contributed by atoms with E-state index in [1.54, 1.807) is 0 Å². The zero-order valence-corrected chi connectivity index (χ0v) is 11.1. The van der Waals surface area contributed by atoms with E-state index in [2.05, 4.69) is 53.7 Å². The van der Waals surface area contributed by atoms with Gasteiger partial charge in [0.1, 0.15) is 0 Å². The van der Waals surface area contributed by atoms with Crippen molar-refractivity contribution in [3.8, 4) is 6.07 Å². The molecule has 15 heavy (non-hydrogen) atoms. The van der Waals surface area contributed by atoms with Crippen molar-refractivity contribution in [2.24, 2.45) is 17.3 Å². The van der Waals surface area contributed by atoms with Gasteiger partial charge in [-0.25, -0.2) is 0 Å². The van der Waals surface area contributed by atoms with Crippen LogP contribution in [0.5, 0.6) is 0 Å². The molecule has 0 aliphatic heterocycles. The lowest BCUT2D eigenvalue weighted by atomic mass is 9.69. The van der Waals surface area contributed by atoms with E-state index in [9.17, 15) is 5.26 Å². The molecule has 0 saturated carbocycles. The van der Waals surface area contributed by atoms with Crippen LogP contribution in [0.15, 0.2) is 11.6 Å². The van der Waals surface area contributed by atoms with Crippen molar-refractivity contribution >= 4 is 0 Å². The fraction of sp³-hybridized carbons (Fsp3) is 0.786. The molecule has 86 valence electrons. The predicted molar refractivity (Wildman–Crippen MR) is 66.4 cm³/mol. The Balaban J connectivity index is 4.37. The van der Waals surface area contributed by atoms with Gasteiger partial charge in [0.25, 0.3) is 0 Å². The summed E-state index contributed by atoms with van der Waals surface area (Å²) in [6.45, 7) is 12.8. The molecular formula is C14H25N. The molecule has 2 atom stereocenters. The molecule has 0 amide bonds. The standard InChI is InChI=1S/C14H25N/c1-11(2)8-7-9-13(5)14(6,10-15)12(3)4/h8,12-13H,7,9H2,1-6H3. The topological polar surface area (TPSA) is 23.8 Å². The lowest BCUT2D eigenvalue weighted by molar-refractivity contribution is 0.192. The second kappa shape index (κ2) is 5.95. The number of hydrogen-bond donors (Lipinski definition) is 0. The molecule has 0 bridgehead atoms. The van der Waals surface area contributed by atoms with Crippen LogP contribution in [0.1, 0.15) is 54.4 Å². The van der Waals surface area contributed by atoms with Gasteiger partial charge < -0.3 is 0 Å². The molecule has 0 N–H and O–H groups in total. The van der Waals surface area contributed by atoms with Crippen LogP contribution in [-0.2, 0) is 0 Å². The van der Waals surface area contributed by atoms with Crippen molar-refractivity contribution in [3.63, 3.8) is 0 Å². The minimum Gasteiger partial charge on any atom is -0.198 e. The van der Waals surface area contributed by atoms with E-state index < -0.39 is 0 Å². The Bertz CT molecular complexity index is 253. The van der Waals surface area contributed by atoms with Crippen LogP contribution in [0.2, 0.25) is 0 Å².